The summed E-state index contributed by atoms with van der Waals surface area (Å²) in [5.74, 6) is 0.646. The van der Waals surface area contributed by atoms with Crippen molar-refractivity contribution >= 4 is 27.5 Å². The summed E-state index contributed by atoms with van der Waals surface area (Å²) in [4.78, 5) is 16.0. The number of rotatable bonds is 3. The topological polar surface area (TPSA) is 43.6 Å². The summed E-state index contributed by atoms with van der Waals surface area (Å²) in [6.45, 7) is 4.40. The monoisotopic (exact) mass is 264 g/mol. The first-order valence-electron chi connectivity index (χ1n) is 5.89. The number of aryl methyl sites for hydroxylation is 1. The average Bonchev–Trinajstić information content (AvgIpc) is 2.67. The number of aromatic nitrogens is 1. The molecule has 18 heavy (non-hydrogen) atoms. The summed E-state index contributed by atoms with van der Waals surface area (Å²) in [6, 6.07) is 5.90. The van der Waals surface area contributed by atoms with Crippen LogP contribution in [0.2, 0.25) is 0 Å². The number of hydrogen-bond donors (Lipinski definition) is 0. The van der Waals surface area contributed by atoms with E-state index >= 15 is 0 Å². The molecule has 1 aromatic heterocycles. The van der Waals surface area contributed by atoms with Crippen molar-refractivity contribution in [3.05, 3.63) is 23.0 Å². The number of nitrogens with zero attached hydrogens (tertiary/aromatic N) is 2. The van der Waals surface area contributed by atoms with Crippen molar-refractivity contribution in [1.82, 2.24) is 4.57 Å². The average molecular weight is 264 g/mol. The number of hydrogen-bond acceptors (Lipinski definition) is 3. The van der Waals surface area contributed by atoms with Crippen LogP contribution in [-0.2, 0) is 11.3 Å². The number of amides is 1. The van der Waals surface area contributed by atoms with Crippen molar-refractivity contribution in [3.63, 3.8) is 0 Å². The smallest absolute Gasteiger partial charge is 0.245 e. The van der Waals surface area contributed by atoms with Crippen LogP contribution in [0.1, 0.15) is 20.3 Å². The van der Waals surface area contributed by atoms with Crippen LogP contribution in [0.15, 0.2) is 23.2 Å². The summed E-state index contributed by atoms with van der Waals surface area (Å²) in [6.07, 6.45) is 0.981. The van der Waals surface area contributed by atoms with E-state index in [-0.39, 0.29) is 5.91 Å². The number of thiazole rings is 1. The van der Waals surface area contributed by atoms with Gasteiger partial charge in [0, 0.05) is 13.5 Å². The van der Waals surface area contributed by atoms with Gasteiger partial charge in [0.15, 0.2) is 4.80 Å². The predicted molar refractivity (Wildman–Crippen MR) is 72.9 cm³/mol. The number of carbonyl (C=O) groups excluding carboxylic acids is 1. The van der Waals surface area contributed by atoms with Crippen LogP contribution in [0, 0.1) is 0 Å². The van der Waals surface area contributed by atoms with E-state index in [0.717, 1.165) is 33.7 Å². The zero-order valence-electron chi connectivity index (χ0n) is 10.8. The molecule has 0 aliphatic heterocycles. The van der Waals surface area contributed by atoms with Crippen molar-refractivity contribution in [2.75, 3.05) is 7.11 Å². The molecule has 0 aliphatic carbocycles. The van der Waals surface area contributed by atoms with Gasteiger partial charge >= 0.3 is 0 Å². The van der Waals surface area contributed by atoms with Crippen LogP contribution in [0.3, 0.4) is 0 Å². The molecule has 1 amide bonds. The van der Waals surface area contributed by atoms with Gasteiger partial charge in [-0.15, -0.1) is 0 Å². The van der Waals surface area contributed by atoms with Crippen LogP contribution in [0.25, 0.3) is 10.2 Å². The van der Waals surface area contributed by atoms with Crippen molar-refractivity contribution in [3.8, 4) is 5.75 Å². The highest BCUT2D eigenvalue weighted by Gasteiger charge is 2.10. The molecule has 0 atom stereocenters. The summed E-state index contributed by atoms with van der Waals surface area (Å²) in [5.41, 5.74) is 1.02. The molecule has 0 radical (unpaired) electrons. The fourth-order valence-electron chi connectivity index (χ4n) is 1.91. The molecule has 0 aliphatic rings. The van der Waals surface area contributed by atoms with Gasteiger partial charge in [-0.1, -0.05) is 24.3 Å². The van der Waals surface area contributed by atoms with Crippen LogP contribution < -0.4 is 9.54 Å². The Kier molecular flexibility index (Phi) is 3.81. The second-order valence-electron chi connectivity index (χ2n) is 3.97. The van der Waals surface area contributed by atoms with E-state index in [4.69, 9.17) is 4.74 Å². The second-order valence-corrected chi connectivity index (χ2v) is 4.98. The van der Waals surface area contributed by atoms with E-state index in [9.17, 15) is 4.79 Å². The minimum Gasteiger partial charge on any atom is -0.495 e. The molecule has 0 spiro atoms. The highest BCUT2D eigenvalue weighted by molar-refractivity contribution is 7.16. The first-order chi connectivity index (χ1) is 8.67. The molecule has 0 saturated carbocycles. The fourth-order valence-corrected chi connectivity index (χ4v) is 3.03. The highest BCUT2D eigenvalue weighted by atomic mass is 32.1. The largest absolute Gasteiger partial charge is 0.495 e. The molecule has 4 nitrogen and oxygen atoms in total. The van der Waals surface area contributed by atoms with Gasteiger partial charge in [-0.05, 0) is 18.6 Å². The van der Waals surface area contributed by atoms with Crippen molar-refractivity contribution in [1.29, 1.82) is 0 Å². The van der Waals surface area contributed by atoms with E-state index in [1.54, 1.807) is 7.11 Å². The molecule has 96 valence electrons. The van der Waals surface area contributed by atoms with Gasteiger partial charge in [0.2, 0.25) is 5.91 Å². The molecule has 1 aromatic carbocycles. The minimum absolute atomic E-state index is 0.176. The van der Waals surface area contributed by atoms with E-state index in [2.05, 4.69) is 16.5 Å². The van der Waals surface area contributed by atoms with E-state index < -0.39 is 0 Å². The molecule has 1 heterocycles. The molecule has 5 heteroatoms. The van der Waals surface area contributed by atoms with Gasteiger partial charge in [0.05, 0.1) is 11.8 Å². The molecular weight excluding hydrogens is 248 g/mol. The Morgan fingerprint density at radius 2 is 2.28 bits per heavy atom. The lowest BCUT2D eigenvalue weighted by molar-refractivity contribution is -0.116. The Hall–Kier alpha value is -1.62. The van der Waals surface area contributed by atoms with Gasteiger partial charge in [0.25, 0.3) is 0 Å². The third-order valence-corrected chi connectivity index (χ3v) is 3.63. The van der Waals surface area contributed by atoms with E-state index in [1.807, 2.05) is 18.2 Å². The van der Waals surface area contributed by atoms with Crippen LogP contribution in [0.5, 0.6) is 5.75 Å². The molecule has 0 N–H and O–H groups in total. The molecule has 2 rings (SSSR count). The number of benzene rings is 1. The lowest BCUT2D eigenvalue weighted by Crippen LogP contribution is -2.16. The summed E-state index contributed by atoms with van der Waals surface area (Å²) in [5, 5.41) is 0. The van der Waals surface area contributed by atoms with Crippen molar-refractivity contribution in [2.24, 2.45) is 4.99 Å². The van der Waals surface area contributed by atoms with Crippen LogP contribution in [0.4, 0.5) is 0 Å². The summed E-state index contributed by atoms with van der Waals surface area (Å²) in [7, 11) is 1.66. The number of carbonyl (C=O) groups is 1. The normalized spacial score (nSPS) is 12.1. The Morgan fingerprint density at radius 1 is 1.50 bits per heavy atom. The maximum absolute atomic E-state index is 11.2. The lowest BCUT2D eigenvalue weighted by Gasteiger charge is -2.06. The third-order valence-electron chi connectivity index (χ3n) is 2.58. The molecular formula is C13H16N2O2S. The summed E-state index contributed by atoms with van der Waals surface area (Å²) >= 11 is 1.52. The van der Waals surface area contributed by atoms with Gasteiger partial charge in [0.1, 0.15) is 11.3 Å². The van der Waals surface area contributed by atoms with Crippen molar-refractivity contribution in [2.45, 2.75) is 26.8 Å². The second kappa shape index (κ2) is 5.35. The van der Waals surface area contributed by atoms with Crippen LogP contribution in [-0.4, -0.2) is 17.6 Å². The lowest BCUT2D eigenvalue weighted by atomic mass is 10.3. The number of ether oxygens (including phenoxy) is 1. The number of para-hydroxylation sites is 1. The van der Waals surface area contributed by atoms with Crippen LogP contribution >= 0.6 is 11.3 Å². The fraction of sp³-hybridized carbons (Fsp3) is 0.385. The van der Waals surface area contributed by atoms with Gasteiger partial charge in [-0.25, -0.2) is 0 Å². The van der Waals surface area contributed by atoms with E-state index in [1.165, 1.54) is 18.3 Å². The standard InChI is InChI=1S/C13H16N2O2S/c1-4-8-15-12-10(17-3)6-5-7-11(12)18-13(15)14-9(2)16/h5-7H,4,8H2,1-3H3. The van der Waals surface area contributed by atoms with Gasteiger partial charge in [-0.3, -0.25) is 4.79 Å². The minimum atomic E-state index is -0.176. The Labute approximate surface area is 110 Å². The Balaban J connectivity index is 2.80. The third kappa shape index (κ3) is 2.31. The van der Waals surface area contributed by atoms with E-state index in [0.29, 0.717) is 0 Å². The Bertz CT molecular complexity index is 640. The van der Waals surface area contributed by atoms with Gasteiger partial charge < -0.3 is 9.30 Å². The number of fused-ring (bicyclic) bond motifs is 1. The maximum Gasteiger partial charge on any atom is 0.245 e. The molecule has 0 saturated heterocycles. The Morgan fingerprint density at radius 3 is 2.89 bits per heavy atom. The quantitative estimate of drug-likeness (QED) is 0.855. The van der Waals surface area contributed by atoms with Crippen molar-refractivity contribution < 1.29 is 9.53 Å². The molecule has 0 fully saturated rings. The zero-order chi connectivity index (χ0) is 13.1. The SMILES string of the molecule is CCCn1c(=NC(C)=O)sc2cccc(OC)c21. The number of methoxy groups -OCH3 is 1. The van der Waals surface area contributed by atoms with Gasteiger partial charge in [-0.2, -0.15) is 4.99 Å². The molecule has 0 unspecified atom stereocenters. The maximum atomic E-state index is 11.2. The summed E-state index contributed by atoms with van der Waals surface area (Å²) < 4.78 is 8.53. The predicted octanol–water partition coefficient (Wildman–Crippen LogP) is 2.57. The first-order valence-corrected chi connectivity index (χ1v) is 6.70. The molecule has 2 aromatic rings. The highest BCUT2D eigenvalue weighted by Crippen LogP contribution is 2.27. The first kappa shape index (κ1) is 12.8. The molecule has 0 bridgehead atoms. The zero-order valence-corrected chi connectivity index (χ0v) is 11.6.